The Morgan fingerprint density at radius 2 is 1.74 bits per heavy atom. The van der Waals surface area contributed by atoms with Crippen molar-refractivity contribution >= 4 is 17.7 Å². The van der Waals surface area contributed by atoms with E-state index in [9.17, 15) is 27.1 Å². The van der Waals surface area contributed by atoms with Crippen LogP contribution in [-0.2, 0) is 6.18 Å². The molecule has 0 saturated carbocycles. The third-order valence-electron chi connectivity index (χ3n) is 2.36. The second kappa shape index (κ2) is 5.88. The monoisotopic (exact) mass is 300 g/mol. The number of benzene rings is 1. The van der Waals surface area contributed by atoms with Crippen LogP contribution in [0, 0.1) is 0 Å². The molecule has 0 atom stereocenters. The van der Waals surface area contributed by atoms with Crippen molar-refractivity contribution in [2.75, 3.05) is 13.3 Å². The summed E-state index contributed by atoms with van der Waals surface area (Å²) in [5, 5.41) is 9.28. The number of rotatable bonds is 4. The molecule has 0 unspecified atom stereocenters. The van der Waals surface area contributed by atoms with Gasteiger partial charge in [0.25, 0.3) is 0 Å². The summed E-state index contributed by atoms with van der Waals surface area (Å²) < 4.78 is 62.1. The summed E-state index contributed by atoms with van der Waals surface area (Å²) in [4.78, 5) is 0. The molecule has 0 aliphatic heterocycles. The van der Waals surface area contributed by atoms with E-state index >= 15 is 0 Å². The number of halogens is 6. The van der Waals surface area contributed by atoms with E-state index in [2.05, 4.69) is 0 Å². The average Bonchev–Trinajstić information content (AvgIpc) is 2.36. The van der Waals surface area contributed by atoms with Gasteiger partial charge in [-0.15, -0.1) is 0 Å². The number of aliphatic hydroxyl groups is 1. The topological polar surface area (TPSA) is 20.2 Å². The lowest BCUT2D eigenvalue weighted by molar-refractivity contribution is -0.137. The van der Waals surface area contributed by atoms with Crippen LogP contribution in [0.25, 0.3) is 6.08 Å². The summed E-state index contributed by atoms with van der Waals surface area (Å²) in [6.07, 6.45) is -2.85. The first-order valence-corrected chi connectivity index (χ1v) is 5.50. The van der Waals surface area contributed by atoms with Crippen molar-refractivity contribution in [3.05, 3.63) is 40.4 Å². The van der Waals surface area contributed by atoms with Crippen molar-refractivity contribution in [2.45, 2.75) is 11.8 Å². The second-order valence-electron chi connectivity index (χ2n) is 3.94. The Kier molecular flexibility index (Phi) is 4.92. The first-order valence-electron chi connectivity index (χ1n) is 5.12. The van der Waals surface area contributed by atoms with Crippen LogP contribution in [0.15, 0.2) is 24.3 Å². The van der Waals surface area contributed by atoms with Crippen molar-refractivity contribution < 1.29 is 27.1 Å². The Hall–Kier alpha value is -1.14. The van der Waals surface area contributed by atoms with E-state index in [4.69, 9.17) is 11.6 Å². The highest BCUT2D eigenvalue weighted by Crippen LogP contribution is 2.32. The Bertz CT molecular complexity index is 466. The minimum absolute atomic E-state index is 0.0238. The van der Waals surface area contributed by atoms with E-state index in [-0.39, 0.29) is 10.6 Å². The Morgan fingerprint density at radius 3 is 2.21 bits per heavy atom. The van der Waals surface area contributed by atoms with Gasteiger partial charge in [-0.25, -0.2) is 8.78 Å². The predicted octanol–water partition coefficient (Wildman–Crippen LogP) is 4.04. The zero-order valence-electron chi connectivity index (χ0n) is 9.52. The minimum Gasteiger partial charge on any atom is -0.380 e. The van der Waals surface area contributed by atoms with Gasteiger partial charge in [0.2, 0.25) is 0 Å². The quantitative estimate of drug-likeness (QED) is 0.832. The van der Waals surface area contributed by atoms with Gasteiger partial charge in [-0.05, 0) is 29.8 Å². The van der Waals surface area contributed by atoms with E-state index in [1.165, 1.54) is 0 Å². The van der Waals surface area contributed by atoms with Gasteiger partial charge >= 0.3 is 6.18 Å². The molecule has 0 radical (unpaired) electrons. The summed E-state index contributed by atoms with van der Waals surface area (Å²) in [5.41, 5.74) is -3.38. The Labute approximate surface area is 111 Å². The van der Waals surface area contributed by atoms with Crippen molar-refractivity contribution in [3.63, 3.8) is 0 Å². The molecule has 0 saturated heterocycles. The fraction of sp³-hybridized carbons (Fsp3) is 0.333. The minimum atomic E-state index is -4.55. The molecular formula is C12H10ClF5O. The molecule has 7 heteroatoms. The van der Waals surface area contributed by atoms with Crippen LogP contribution in [-0.4, -0.2) is 24.1 Å². The molecule has 19 heavy (non-hydrogen) atoms. The van der Waals surface area contributed by atoms with Crippen molar-refractivity contribution in [1.82, 2.24) is 0 Å². The second-order valence-corrected chi connectivity index (χ2v) is 4.35. The normalized spacial score (nSPS) is 13.2. The molecule has 1 nitrogen and oxygen atoms in total. The zero-order valence-corrected chi connectivity index (χ0v) is 10.3. The first-order chi connectivity index (χ1) is 8.72. The van der Waals surface area contributed by atoms with Crippen LogP contribution in [0.4, 0.5) is 22.0 Å². The number of alkyl halides is 5. The molecule has 0 aliphatic carbocycles. The zero-order chi connectivity index (χ0) is 14.7. The molecule has 106 valence electrons. The van der Waals surface area contributed by atoms with Gasteiger partial charge in [-0.3, -0.25) is 0 Å². The van der Waals surface area contributed by atoms with Gasteiger partial charge < -0.3 is 5.11 Å². The van der Waals surface area contributed by atoms with Crippen molar-refractivity contribution in [2.24, 2.45) is 0 Å². The highest BCUT2D eigenvalue weighted by molar-refractivity contribution is 6.32. The molecule has 1 N–H and O–H groups in total. The molecule has 0 fully saturated rings. The van der Waals surface area contributed by atoms with Crippen LogP contribution < -0.4 is 0 Å². The molecular weight excluding hydrogens is 291 g/mol. The third-order valence-corrected chi connectivity index (χ3v) is 2.70. The molecule has 0 spiro atoms. The smallest absolute Gasteiger partial charge is 0.380 e. The molecule has 0 amide bonds. The SMILES string of the molecule is OC(/C=C/c1cc(C(F)(F)F)ccc1Cl)(CF)CF. The molecule has 1 aromatic carbocycles. The van der Waals surface area contributed by atoms with Crippen LogP contribution in [0.5, 0.6) is 0 Å². The summed E-state index contributed by atoms with van der Waals surface area (Å²) in [7, 11) is 0. The Balaban J connectivity index is 3.11. The summed E-state index contributed by atoms with van der Waals surface area (Å²) in [5.74, 6) is 0. The van der Waals surface area contributed by atoms with Gasteiger partial charge in [0.05, 0.1) is 5.56 Å². The van der Waals surface area contributed by atoms with Crippen LogP contribution in [0.2, 0.25) is 5.02 Å². The molecule has 0 heterocycles. The van der Waals surface area contributed by atoms with Crippen LogP contribution in [0.1, 0.15) is 11.1 Å². The summed E-state index contributed by atoms with van der Waals surface area (Å²) in [6, 6.07) is 2.54. The molecule has 1 rings (SSSR count). The van der Waals surface area contributed by atoms with Gasteiger partial charge in [0, 0.05) is 5.02 Å². The van der Waals surface area contributed by atoms with Crippen LogP contribution in [0.3, 0.4) is 0 Å². The largest absolute Gasteiger partial charge is 0.416 e. The fourth-order valence-corrected chi connectivity index (χ4v) is 1.40. The number of hydrogen-bond donors (Lipinski definition) is 1. The summed E-state index contributed by atoms with van der Waals surface area (Å²) >= 11 is 5.67. The maximum Gasteiger partial charge on any atom is 0.416 e. The fourth-order valence-electron chi connectivity index (χ4n) is 1.22. The molecule has 0 bridgehead atoms. The molecule has 0 aliphatic rings. The third kappa shape index (κ3) is 4.18. The van der Waals surface area contributed by atoms with Gasteiger partial charge in [0.15, 0.2) is 0 Å². The van der Waals surface area contributed by atoms with E-state index in [0.29, 0.717) is 0 Å². The molecule has 1 aromatic rings. The van der Waals surface area contributed by atoms with E-state index < -0.39 is 30.7 Å². The van der Waals surface area contributed by atoms with Gasteiger partial charge in [-0.2, -0.15) is 13.2 Å². The lowest BCUT2D eigenvalue weighted by Gasteiger charge is -2.16. The molecule has 0 aromatic heterocycles. The Morgan fingerprint density at radius 1 is 1.16 bits per heavy atom. The van der Waals surface area contributed by atoms with Gasteiger partial charge in [-0.1, -0.05) is 17.7 Å². The highest BCUT2D eigenvalue weighted by atomic mass is 35.5. The average molecular weight is 301 g/mol. The lowest BCUT2D eigenvalue weighted by atomic mass is 10.0. The lowest BCUT2D eigenvalue weighted by Crippen LogP contribution is -2.30. The standard InChI is InChI=1S/C12H10ClF5O/c13-10-2-1-9(12(16,17)18)5-8(10)3-4-11(19,6-14)7-15/h1-5,19H,6-7H2/b4-3+. The van der Waals surface area contributed by atoms with Gasteiger partial charge in [0.1, 0.15) is 19.0 Å². The van der Waals surface area contributed by atoms with E-state index in [0.717, 1.165) is 30.4 Å². The summed E-state index contributed by atoms with van der Waals surface area (Å²) in [6.45, 7) is -2.78. The van der Waals surface area contributed by atoms with Crippen LogP contribution >= 0.6 is 11.6 Å². The predicted molar refractivity (Wildman–Crippen MR) is 62.4 cm³/mol. The maximum absolute atomic E-state index is 12.5. The number of hydrogen-bond acceptors (Lipinski definition) is 1. The highest BCUT2D eigenvalue weighted by Gasteiger charge is 2.31. The van der Waals surface area contributed by atoms with Crippen molar-refractivity contribution in [3.8, 4) is 0 Å². The van der Waals surface area contributed by atoms with E-state index in [1.54, 1.807) is 0 Å². The first kappa shape index (κ1) is 15.9. The maximum atomic E-state index is 12.5. The van der Waals surface area contributed by atoms with Crippen molar-refractivity contribution in [1.29, 1.82) is 0 Å². The van der Waals surface area contributed by atoms with E-state index in [1.807, 2.05) is 0 Å².